The fourth-order valence-corrected chi connectivity index (χ4v) is 3.61. The van der Waals surface area contributed by atoms with E-state index in [9.17, 15) is 28.8 Å². The van der Waals surface area contributed by atoms with E-state index >= 15 is 0 Å². The van der Waals surface area contributed by atoms with E-state index in [-0.39, 0.29) is 39.1 Å². The van der Waals surface area contributed by atoms with Gasteiger partial charge in [0.05, 0.1) is 6.61 Å². The van der Waals surface area contributed by atoms with Gasteiger partial charge in [-0.2, -0.15) is 0 Å². The summed E-state index contributed by atoms with van der Waals surface area (Å²) in [7, 11) is 0. The van der Waals surface area contributed by atoms with E-state index in [2.05, 4.69) is 10.1 Å². The molecular weight excluding hydrogens is 464 g/mol. The molecule has 0 saturated carbocycles. The molecule has 0 unspecified atom stereocenters. The Kier molecular flexibility index (Phi) is 8.39. The van der Waals surface area contributed by atoms with Gasteiger partial charge in [-0.05, 0) is 12.5 Å². The van der Waals surface area contributed by atoms with Gasteiger partial charge in [0.25, 0.3) is 5.79 Å². The Hall–Kier alpha value is -3.96. The van der Waals surface area contributed by atoms with Crippen molar-refractivity contribution in [1.82, 2.24) is 10.2 Å². The first kappa shape index (κ1) is 25.7. The molecule has 2 saturated heterocycles. The molecule has 0 bridgehead atoms. The molecule has 1 spiro atoms. The normalized spacial score (nSPS) is 17.2. The molecule has 2 aliphatic heterocycles. The Labute approximate surface area is 200 Å². The zero-order valence-corrected chi connectivity index (χ0v) is 19.2. The van der Waals surface area contributed by atoms with Crippen LogP contribution in [0.4, 0.5) is 0 Å². The first-order valence-corrected chi connectivity index (χ1v) is 11.1. The third-order valence-corrected chi connectivity index (χ3v) is 5.44. The molecule has 2 amide bonds. The molecule has 2 aliphatic rings. The van der Waals surface area contributed by atoms with Gasteiger partial charge in [0.2, 0.25) is 17.7 Å². The highest BCUT2D eigenvalue weighted by Gasteiger charge is 2.53. The van der Waals surface area contributed by atoms with Gasteiger partial charge in [0, 0.05) is 25.9 Å². The van der Waals surface area contributed by atoms with Crippen LogP contribution in [-0.4, -0.2) is 72.6 Å². The van der Waals surface area contributed by atoms with Crippen molar-refractivity contribution >= 4 is 35.7 Å². The smallest absolute Gasteiger partial charge is 0.333 e. The third-order valence-electron chi connectivity index (χ3n) is 5.44. The molecule has 2 heterocycles. The summed E-state index contributed by atoms with van der Waals surface area (Å²) in [6, 6.07) is 9.03. The van der Waals surface area contributed by atoms with E-state index < -0.39 is 60.4 Å². The number of esters is 4. The number of nitrogens with zero attached hydrogens (tertiary/aromatic N) is 1. The van der Waals surface area contributed by atoms with Gasteiger partial charge >= 0.3 is 23.9 Å². The Morgan fingerprint density at radius 2 is 1.63 bits per heavy atom. The lowest BCUT2D eigenvalue weighted by molar-refractivity contribution is -0.261. The van der Waals surface area contributed by atoms with Crippen molar-refractivity contribution in [3.05, 3.63) is 35.9 Å². The van der Waals surface area contributed by atoms with E-state index in [1.165, 1.54) is 4.90 Å². The van der Waals surface area contributed by atoms with Crippen LogP contribution in [0.25, 0.3) is 0 Å². The minimum atomic E-state index is -1.87. The molecule has 188 valence electrons. The minimum absolute atomic E-state index is 0.0214. The zero-order valence-electron chi connectivity index (χ0n) is 19.2. The number of carbonyl (C=O) groups excluding carboxylic acids is 6. The van der Waals surface area contributed by atoms with Crippen LogP contribution in [0.1, 0.15) is 31.7 Å². The number of amides is 2. The number of rotatable bonds is 8. The molecule has 1 aromatic rings. The largest absolute Gasteiger partial charge is 0.465 e. The summed E-state index contributed by atoms with van der Waals surface area (Å²) < 4.78 is 20.3. The first-order valence-electron chi connectivity index (χ1n) is 11.1. The Morgan fingerprint density at radius 1 is 1.00 bits per heavy atom. The molecule has 1 N–H and O–H groups in total. The predicted molar refractivity (Wildman–Crippen MR) is 115 cm³/mol. The summed E-state index contributed by atoms with van der Waals surface area (Å²) in [5.74, 6) is -8.58. The van der Waals surface area contributed by atoms with Crippen LogP contribution >= 0.6 is 0 Å². The number of benzene rings is 1. The molecular formula is C23H26N2O10. The van der Waals surface area contributed by atoms with Gasteiger partial charge in [0.1, 0.15) is 19.6 Å². The number of hydrogen-bond donors (Lipinski definition) is 1. The molecule has 0 aromatic heterocycles. The Bertz CT molecular complexity index is 965. The van der Waals surface area contributed by atoms with Crippen molar-refractivity contribution in [2.24, 2.45) is 5.92 Å². The van der Waals surface area contributed by atoms with Crippen LogP contribution in [0.5, 0.6) is 0 Å². The van der Waals surface area contributed by atoms with E-state index in [0.29, 0.717) is 0 Å². The molecule has 12 heteroatoms. The van der Waals surface area contributed by atoms with Gasteiger partial charge in [0.15, 0.2) is 0 Å². The van der Waals surface area contributed by atoms with Crippen molar-refractivity contribution in [1.29, 1.82) is 0 Å². The lowest BCUT2D eigenvalue weighted by atomic mass is 9.99. The summed E-state index contributed by atoms with van der Waals surface area (Å²) in [5.41, 5.74) is 0.794. The van der Waals surface area contributed by atoms with Crippen molar-refractivity contribution in [2.75, 3.05) is 26.2 Å². The molecule has 2 fully saturated rings. The molecule has 0 atom stereocenters. The second-order valence-electron chi connectivity index (χ2n) is 7.91. The maximum Gasteiger partial charge on any atom is 0.333 e. The summed E-state index contributed by atoms with van der Waals surface area (Å²) in [5, 5.41) is 2.14. The summed E-state index contributed by atoms with van der Waals surface area (Å²) >= 11 is 0. The lowest BCUT2D eigenvalue weighted by Gasteiger charge is -2.43. The lowest BCUT2D eigenvalue weighted by Crippen LogP contribution is -2.58. The number of piperidine rings is 1. The van der Waals surface area contributed by atoms with E-state index in [0.717, 1.165) is 5.56 Å². The standard InChI is InChI=1S/C23H26N2O10/c1-2-32-18(28)13-24-20(29)19-21(30)34-23(35-22(19)31)8-10-25(11-9-23)16(26)12-17(27)33-14-15-6-4-3-5-7-15/h3-7,19H,2,8-14H2,1H3,(H,24,29). The second kappa shape index (κ2) is 11.4. The van der Waals surface area contributed by atoms with Crippen LogP contribution in [0.3, 0.4) is 0 Å². The highest BCUT2D eigenvalue weighted by Crippen LogP contribution is 2.34. The van der Waals surface area contributed by atoms with Gasteiger partial charge < -0.3 is 29.2 Å². The third kappa shape index (κ3) is 6.78. The van der Waals surface area contributed by atoms with Crippen molar-refractivity contribution in [3.63, 3.8) is 0 Å². The Morgan fingerprint density at radius 3 is 2.23 bits per heavy atom. The number of likely N-dealkylation sites (tertiary alicyclic amines) is 1. The van der Waals surface area contributed by atoms with Crippen molar-refractivity contribution in [3.8, 4) is 0 Å². The van der Waals surface area contributed by atoms with Gasteiger partial charge in [-0.25, -0.2) is 0 Å². The number of ether oxygens (including phenoxy) is 4. The van der Waals surface area contributed by atoms with E-state index in [1.807, 2.05) is 6.07 Å². The summed E-state index contributed by atoms with van der Waals surface area (Å²) in [6.07, 6.45) is -0.499. The maximum atomic E-state index is 12.5. The molecule has 0 radical (unpaired) electrons. The van der Waals surface area contributed by atoms with Crippen LogP contribution < -0.4 is 5.32 Å². The van der Waals surface area contributed by atoms with Gasteiger partial charge in [-0.3, -0.25) is 28.8 Å². The van der Waals surface area contributed by atoms with Gasteiger partial charge in [-0.1, -0.05) is 30.3 Å². The van der Waals surface area contributed by atoms with Gasteiger partial charge in [-0.15, -0.1) is 0 Å². The first-order chi connectivity index (χ1) is 16.7. The summed E-state index contributed by atoms with van der Waals surface area (Å²) in [4.78, 5) is 74.2. The number of carbonyl (C=O) groups is 6. The number of nitrogens with one attached hydrogen (secondary N) is 1. The maximum absolute atomic E-state index is 12.5. The minimum Gasteiger partial charge on any atom is -0.465 e. The predicted octanol–water partition coefficient (Wildman–Crippen LogP) is -0.166. The average molecular weight is 490 g/mol. The highest BCUT2D eigenvalue weighted by atomic mass is 16.7. The topological polar surface area (TPSA) is 155 Å². The monoisotopic (exact) mass is 490 g/mol. The van der Waals surface area contributed by atoms with Crippen LogP contribution in [0, 0.1) is 5.92 Å². The fourth-order valence-electron chi connectivity index (χ4n) is 3.61. The zero-order chi connectivity index (χ0) is 25.4. The summed E-state index contributed by atoms with van der Waals surface area (Å²) in [6.45, 7) is 1.36. The number of hydrogen-bond acceptors (Lipinski definition) is 10. The van der Waals surface area contributed by atoms with Crippen LogP contribution in [-0.2, 0) is 54.3 Å². The quantitative estimate of drug-likeness (QED) is 0.295. The van der Waals surface area contributed by atoms with Crippen LogP contribution in [0.2, 0.25) is 0 Å². The Balaban J connectivity index is 1.46. The molecule has 35 heavy (non-hydrogen) atoms. The fraction of sp³-hybridized carbons (Fsp3) is 0.478. The highest BCUT2D eigenvalue weighted by molar-refractivity contribution is 6.15. The average Bonchev–Trinajstić information content (AvgIpc) is 2.82. The van der Waals surface area contributed by atoms with E-state index in [4.69, 9.17) is 14.2 Å². The molecule has 1 aromatic carbocycles. The van der Waals surface area contributed by atoms with Crippen molar-refractivity contribution < 1.29 is 47.7 Å². The van der Waals surface area contributed by atoms with E-state index in [1.54, 1.807) is 31.2 Å². The second-order valence-corrected chi connectivity index (χ2v) is 7.91. The molecule has 12 nitrogen and oxygen atoms in total. The van der Waals surface area contributed by atoms with Crippen LogP contribution in [0.15, 0.2) is 30.3 Å². The SMILES string of the molecule is CCOC(=O)CNC(=O)C1C(=O)OC2(CCN(C(=O)CC(=O)OCc3ccccc3)CC2)OC1=O. The van der Waals surface area contributed by atoms with Crippen molar-refractivity contribution in [2.45, 2.75) is 38.6 Å². The molecule has 0 aliphatic carbocycles. The molecule has 3 rings (SSSR count).